The molecule has 0 radical (unpaired) electrons. The van der Waals surface area contributed by atoms with Crippen LogP contribution in [0.15, 0.2) is 217 Å². The van der Waals surface area contributed by atoms with E-state index in [1.165, 1.54) is 61.2 Å². The lowest BCUT2D eigenvalue weighted by Crippen LogP contribution is -2.52. The molecule has 2 atom stereocenters. The Labute approximate surface area is 393 Å². The van der Waals surface area contributed by atoms with Gasteiger partial charge in [0.2, 0.25) is 0 Å². The number of pyridine rings is 1. The fourth-order valence-corrected chi connectivity index (χ4v) is 10.3. The van der Waals surface area contributed by atoms with Crippen LogP contribution in [-0.2, 0) is 6.42 Å². The number of nitrogens with one attached hydrogen (secondary N) is 2. The topological polar surface area (TPSA) is 53.7 Å². The predicted octanol–water partition coefficient (Wildman–Crippen LogP) is 14.6. The van der Waals surface area contributed by atoms with Crippen molar-refractivity contribution in [3.8, 4) is 55.9 Å². The van der Waals surface area contributed by atoms with Crippen LogP contribution >= 0.6 is 0 Å². The van der Waals surface area contributed by atoms with Crippen molar-refractivity contribution >= 4 is 23.0 Å². The Kier molecular flexibility index (Phi) is 10.8. The highest BCUT2D eigenvalue weighted by atomic mass is 15.3. The standard InChI is InChI=1S/C62H51N5/c1-6-18-42(19-7-1)43-30-32-44(33-31-43)45-34-38-51(39-35-45)61-63-60(50-26-14-5-15-27-50)64-62(65-61)52-40-36-47(37-41-52)55-53-28-16-17-29-54(53)59-56(46-20-8-2-9-21-46)57(48-22-10-3-11-23-48)66-67(59)58(55)49-24-12-4-13-25-49/h1-4,6-8,10-14,16,18-20,22-28,30-41,60,62,64H,5,9,15,17,21,29H2,(H,63,65). The van der Waals surface area contributed by atoms with Crippen LogP contribution in [0.4, 0.5) is 0 Å². The van der Waals surface area contributed by atoms with Crippen molar-refractivity contribution in [3.05, 3.63) is 240 Å². The summed E-state index contributed by atoms with van der Waals surface area (Å²) in [4.78, 5) is 5.39. The maximum atomic E-state index is 5.63. The van der Waals surface area contributed by atoms with Gasteiger partial charge in [-0.25, -0.2) is 9.51 Å². The molecule has 1 aliphatic heterocycles. The van der Waals surface area contributed by atoms with Crippen LogP contribution in [0.1, 0.15) is 66.1 Å². The molecule has 0 saturated carbocycles. The van der Waals surface area contributed by atoms with E-state index >= 15 is 0 Å². The summed E-state index contributed by atoms with van der Waals surface area (Å²) in [5.41, 5.74) is 21.5. The molecule has 2 aromatic heterocycles. The van der Waals surface area contributed by atoms with Gasteiger partial charge in [-0.05, 0) is 94.2 Å². The van der Waals surface area contributed by atoms with Gasteiger partial charge in [0.15, 0.2) is 0 Å². The van der Waals surface area contributed by atoms with Gasteiger partial charge in [-0.15, -0.1) is 0 Å². The van der Waals surface area contributed by atoms with Crippen molar-refractivity contribution in [1.82, 2.24) is 20.2 Å². The highest BCUT2D eigenvalue weighted by Crippen LogP contribution is 2.46. The summed E-state index contributed by atoms with van der Waals surface area (Å²) in [6, 6.07) is 58.9. The first-order chi connectivity index (χ1) is 33.2. The fraction of sp³-hybridized carbons (Fsp3) is 0.129. The number of benzene rings is 6. The van der Waals surface area contributed by atoms with Crippen LogP contribution in [0, 0.1) is 0 Å². The molecule has 2 N–H and O–H groups in total. The van der Waals surface area contributed by atoms with E-state index in [9.17, 15) is 0 Å². The Morgan fingerprint density at radius 1 is 0.507 bits per heavy atom. The average molecular weight is 866 g/mol. The van der Waals surface area contributed by atoms with Gasteiger partial charge in [0.25, 0.3) is 0 Å². The second-order valence-corrected chi connectivity index (χ2v) is 17.9. The van der Waals surface area contributed by atoms with Gasteiger partial charge < -0.3 is 5.32 Å². The number of fused-ring (bicyclic) bond motifs is 3. The molecule has 324 valence electrons. The summed E-state index contributed by atoms with van der Waals surface area (Å²) in [5.74, 6) is 0.881. The number of hydrogen-bond acceptors (Lipinski definition) is 4. The van der Waals surface area contributed by atoms with Gasteiger partial charge in [-0.3, -0.25) is 5.32 Å². The Morgan fingerprint density at radius 2 is 1.10 bits per heavy atom. The molecule has 3 heterocycles. The highest BCUT2D eigenvalue weighted by molar-refractivity contribution is 6.01. The van der Waals surface area contributed by atoms with Crippen molar-refractivity contribution in [2.24, 2.45) is 4.99 Å². The van der Waals surface area contributed by atoms with Crippen LogP contribution in [-0.4, -0.2) is 21.6 Å². The molecule has 4 aliphatic rings. The van der Waals surface area contributed by atoms with Crippen LogP contribution in [0.5, 0.6) is 0 Å². The first kappa shape index (κ1) is 40.6. The van der Waals surface area contributed by atoms with Crippen molar-refractivity contribution in [3.63, 3.8) is 0 Å². The van der Waals surface area contributed by atoms with E-state index in [1.54, 1.807) is 0 Å². The van der Waals surface area contributed by atoms with E-state index in [0.29, 0.717) is 0 Å². The van der Waals surface area contributed by atoms with Crippen molar-refractivity contribution < 1.29 is 0 Å². The fourth-order valence-electron chi connectivity index (χ4n) is 10.3. The molecule has 0 fully saturated rings. The molecular weight excluding hydrogens is 815 g/mol. The molecule has 8 aromatic rings. The third-order valence-corrected chi connectivity index (χ3v) is 13.7. The normalized spacial score (nSPS) is 17.6. The molecule has 2 unspecified atom stereocenters. The maximum absolute atomic E-state index is 5.63. The average Bonchev–Trinajstić information content (AvgIpc) is 3.83. The number of aliphatic imine (C=N–C) groups is 1. The second-order valence-electron chi connectivity index (χ2n) is 17.9. The number of aromatic nitrogens is 2. The summed E-state index contributed by atoms with van der Waals surface area (Å²) in [7, 11) is 0. The molecule has 5 nitrogen and oxygen atoms in total. The summed E-state index contributed by atoms with van der Waals surface area (Å²) < 4.78 is 2.29. The van der Waals surface area contributed by atoms with E-state index in [2.05, 4.69) is 228 Å². The quantitative estimate of drug-likeness (QED) is 0.152. The molecule has 0 spiro atoms. The van der Waals surface area contributed by atoms with E-state index in [4.69, 9.17) is 10.1 Å². The van der Waals surface area contributed by atoms with Crippen molar-refractivity contribution in [2.75, 3.05) is 0 Å². The number of amidine groups is 1. The van der Waals surface area contributed by atoms with Crippen LogP contribution in [0.2, 0.25) is 0 Å². The minimum atomic E-state index is -0.262. The number of hydrogen-bond donors (Lipinski definition) is 2. The Morgan fingerprint density at radius 3 is 1.75 bits per heavy atom. The third kappa shape index (κ3) is 7.81. The largest absolute Gasteiger partial charge is 0.350 e. The minimum absolute atomic E-state index is 0.0919. The lowest BCUT2D eigenvalue weighted by molar-refractivity contribution is 0.440. The summed E-state index contributed by atoms with van der Waals surface area (Å²) in [5, 5.41) is 13.3. The van der Waals surface area contributed by atoms with Crippen LogP contribution < -0.4 is 10.6 Å². The molecular formula is C62H51N5. The van der Waals surface area contributed by atoms with E-state index in [1.807, 2.05) is 0 Å². The van der Waals surface area contributed by atoms with Gasteiger partial charge in [0, 0.05) is 27.8 Å². The molecule has 0 bridgehead atoms. The Balaban J connectivity index is 0.947. The van der Waals surface area contributed by atoms with E-state index in [0.717, 1.165) is 83.6 Å². The maximum Gasteiger partial charge on any atom is 0.131 e. The smallest absolute Gasteiger partial charge is 0.131 e. The van der Waals surface area contributed by atoms with Gasteiger partial charge >= 0.3 is 0 Å². The lowest BCUT2D eigenvalue weighted by atomic mass is 9.84. The van der Waals surface area contributed by atoms with E-state index < -0.39 is 0 Å². The summed E-state index contributed by atoms with van der Waals surface area (Å²) in [6.45, 7) is 0. The van der Waals surface area contributed by atoms with Crippen LogP contribution in [0.25, 0.3) is 73.1 Å². The van der Waals surface area contributed by atoms with Crippen molar-refractivity contribution in [2.45, 2.75) is 50.9 Å². The number of nitrogens with zero attached hydrogens (tertiary/aromatic N) is 3. The Hall–Kier alpha value is -7.86. The first-order valence-corrected chi connectivity index (χ1v) is 23.8. The number of aryl methyl sites for hydroxylation is 1. The third-order valence-electron chi connectivity index (χ3n) is 13.7. The number of allylic oxidation sites excluding steroid dienone is 7. The first-order valence-electron chi connectivity index (χ1n) is 23.8. The molecule has 0 amide bonds. The second kappa shape index (κ2) is 17.8. The van der Waals surface area contributed by atoms with Crippen LogP contribution in [0.3, 0.4) is 0 Å². The molecule has 6 aromatic carbocycles. The Bertz CT molecular complexity index is 3300. The highest BCUT2D eigenvalue weighted by Gasteiger charge is 2.30. The zero-order valence-electron chi connectivity index (χ0n) is 37.4. The van der Waals surface area contributed by atoms with Gasteiger partial charge in [-0.1, -0.05) is 212 Å². The van der Waals surface area contributed by atoms with Gasteiger partial charge in [0.05, 0.1) is 11.2 Å². The van der Waals surface area contributed by atoms with E-state index in [-0.39, 0.29) is 12.3 Å². The van der Waals surface area contributed by atoms with Crippen molar-refractivity contribution in [1.29, 1.82) is 0 Å². The molecule has 12 rings (SSSR count). The monoisotopic (exact) mass is 865 g/mol. The molecule has 3 aliphatic carbocycles. The zero-order valence-corrected chi connectivity index (χ0v) is 37.4. The van der Waals surface area contributed by atoms with Gasteiger partial charge in [0.1, 0.15) is 23.9 Å². The lowest BCUT2D eigenvalue weighted by Gasteiger charge is -2.33. The summed E-state index contributed by atoms with van der Waals surface area (Å²) in [6.07, 6.45) is 24.1. The predicted molar refractivity (Wildman–Crippen MR) is 278 cm³/mol. The number of rotatable bonds is 9. The molecule has 0 saturated heterocycles. The summed E-state index contributed by atoms with van der Waals surface area (Å²) >= 11 is 0. The molecule has 67 heavy (non-hydrogen) atoms. The SMILES string of the molecule is C1=CCCC(c2c(-c3ccccc3)nn3c(-c4ccccc4)c(-c4ccc(C5N=C(c6ccc(-c7ccc(-c8ccccc8)cc7)cc6)NC(C6=CCCC=C6)N5)cc4)c4c(c23)CCC=C4)=C1. The molecule has 5 heteroatoms. The van der Waals surface area contributed by atoms with Gasteiger partial charge in [-0.2, -0.15) is 5.10 Å². The minimum Gasteiger partial charge on any atom is -0.350 e. The zero-order chi connectivity index (χ0) is 44.5.